The van der Waals surface area contributed by atoms with Gasteiger partial charge in [0.1, 0.15) is 4.99 Å². The molecular weight excluding hydrogens is 264 g/mol. The normalized spacial score (nSPS) is 17.0. The molecular formula is C14H19ClN2S. The lowest BCUT2D eigenvalue weighted by Gasteiger charge is -2.41. The van der Waals surface area contributed by atoms with E-state index in [1.807, 2.05) is 18.2 Å². The van der Waals surface area contributed by atoms with Crippen molar-refractivity contribution in [3.05, 3.63) is 28.8 Å². The van der Waals surface area contributed by atoms with E-state index in [0.29, 0.717) is 15.4 Å². The quantitative estimate of drug-likeness (QED) is 0.803. The van der Waals surface area contributed by atoms with Gasteiger partial charge in [-0.2, -0.15) is 0 Å². The van der Waals surface area contributed by atoms with Crippen LogP contribution in [-0.4, -0.2) is 11.5 Å². The molecule has 1 aliphatic rings. The van der Waals surface area contributed by atoms with Gasteiger partial charge in [0.05, 0.1) is 5.02 Å². The molecule has 0 heterocycles. The Balaban J connectivity index is 2.02. The number of thiocarbonyl (C=S) groups is 1. The number of nitrogens with two attached hydrogens (primary N) is 1. The first-order valence-electron chi connectivity index (χ1n) is 6.39. The van der Waals surface area contributed by atoms with Crippen molar-refractivity contribution in [2.75, 3.05) is 11.9 Å². The van der Waals surface area contributed by atoms with Crippen molar-refractivity contribution in [2.24, 2.45) is 11.1 Å². The highest BCUT2D eigenvalue weighted by Crippen LogP contribution is 2.43. The zero-order chi connectivity index (χ0) is 13.2. The molecule has 0 aliphatic heterocycles. The Kier molecular flexibility index (Phi) is 4.13. The Morgan fingerprint density at radius 2 is 2.22 bits per heavy atom. The lowest BCUT2D eigenvalue weighted by atomic mass is 9.67. The fourth-order valence-corrected chi connectivity index (χ4v) is 2.96. The summed E-state index contributed by atoms with van der Waals surface area (Å²) in [6, 6.07) is 5.77. The van der Waals surface area contributed by atoms with E-state index < -0.39 is 0 Å². The Labute approximate surface area is 119 Å². The fraction of sp³-hybridized carbons (Fsp3) is 0.500. The number of rotatable bonds is 5. The summed E-state index contributed by atoms with van der Waals surface area (Å²) in [6.07, 6.45) is 5.25. The molecule has 0 bridgehead atoms. The van der Waals surface area contributed by atoms with Gasteiger partial charge in [0.25, 0.3) is 0 Å². The molecule has 0 amide bonds. The predicted molar refractivity (Wildman–Crippen MR) is 82.4 cm³/mol. The molecule has 0 saturated heterocycles. The van der Waals surface area contributed by atoms with E-state index in [9.17, 15) is 0 Å². The van der Waals surface area contributed by atoms with Crippen LogP contribution in [-0.2, 0) is 0 Å². The van der Waals surface area contributed by atoms with Gasteiger partial charge in [0.15, 0.2) is 0 Å². The van der Waals surface area contributed by atoms with Crippen LogP contribution in [0.4, 0.5) is 5.69 Å². The monoisotopic (exact) mass is 282 g/mol. The maximum absolute atomic E-state index is 6.15. The van der Waals surface area contributed by atoms with Gasteiger partial charge in [-0.3, -0.25) is 0 Å². The minimum absolute atomic E-state index is 0.343. The van der Waals surface area contributed by atoms with Gasteiger partial charge >= 0.3 is 0 Å². The second-order valence-corrected chi connectivity index (χ2v) is 5.97. The molecule has 4 heteroatoms. The van der Waals surface area contributed by atoms with Crippen LogP contribution in [0.25, 0.3) is 0 Å². The summed E-state index contributed by atoms with van der Waals surface area (Å²) in [5, 5.41) is 4.09. The molecule has 18 heavy (non-hydrogen) atoms. The highest BCUT2D eigenvalue weighted by atomic mass is 35.5. The fourth-order valence-electron chi connectivity index (χ4n) is 2.45. The number of anilines is 1. The smallest absolute Gasteiger partial charge is 0.105 e. The van der Waals surface area contributed by atoms with Crippen molar-refractivity contribution in [1.29, 1.82) is 0 Å². The van der Waals surface area contributed by atoms with Crippen molar-refractivity contribution in [1.82, 2.24) is 0 Å². The molecule has 98 valence electrons. The Morgan fingerprint density at radius 1 is 1.50 bits per heavy atom. The van der Waals surface area contributed by atoms with Crippen LogP contribution in [0.1, 0.15) is 38.2 Å². The SMILES string of the molecule is CCC1(CNc2ccc(C(N)=S)c(Cl)c2)CCC1. The summed E-state index contributed by atoms with van der Waals surface area (Å²) in [6.45, 7) is 3.29. The minimum atomic E-state index is 0.343. The predicted octanol–water partition coefficient (Wildman–Crippen LogP) is 3.97. The summed E-state index contributed by atoms with van der Waals surface area (Å²) < 4.78 is 0. The van der Waals surface area contributed by atoms with Crippen LogP contribution in [0.15, 0.2) is 18.2 Å². The molecule has 2 nitrogen and oxygen atoms in total. The van der Waals surface area contributed by atoms with Crippen LogP contribution in [0.5, 0.6) is 0 Å². The van der Waals surface area contributed by atoms with Gasteiger partial charge in [-0.05, 0) is 42.9 Å². The van der Waals surface area contributed by atoms with Crippen molar-refractivity contribution < 1.29 is 0 Å². The van der Waals surface area contributed by atoms with Gasteiger partial charge in [-0.1, -0.05) is 37.2 Å². The first-order chi connectivity index (χ1) is 8.56. The zero-order valence-corrected chi connectivity index (χ0v) is 12.2. The average Bonchev–Trinajstić information content (AvgIpc) is 2.27. The van der Waals surface area contributed by atoms with E-state index in [-0.39, 0.29) is 0 Å². The first kappa shape index (κ1) is 13.6. The number of nitrogens with one attached hydrogen (secondary N) is 1. The Morgan fingerprint density at radius 3 is 2.67 bits per heavy atom. The summed E-state index contributed by atoms with van der Waals surface area (Å²) in [5.41, 5.74) is 7.86. The van der Waals surface area contributed by atoms with Crippen LogP contribution >= 0.6 is 23.8 Å². The molecule has 1 aliphatic carbocycles. The number of hydrogen-bond donors (Lipinski definition) is 2. The van der Waals surface area contributed by atoms with Gasteiger partial charge in [0.2, 0.25) is 0 Å². The second-order valence-electron chi connectivity index (χ2n) is 5.12. The largest absolute Gasteiger partial charge is 0.389 e. The van der Waals surface area contributed by atoms with Crippen LogP contribution in [0, 0.1) is 5.41 Å². The van der Waals surface area contributed by atoms with Gasteiger partial charge < -0.3 is 11.1 Å². The third-order valence-electron chi connectivity index (χ3n) is 4.07. The number of hydrogen-bond acceptors (Lipinski definition) is 2. The Bertz CT molecular complexity index is 450. The van der Waals surface area contributed by atoms with E-state index in [0.717, 1.165) is 17.8 Å². The van der Waals surface area contributed by atoms with Gasteiger partial charge in [0, 0.05) is 17.8 Å². The molecule has 3 N–H and O–H groups in total. The standard InChI is InChI=1S/C14H19ClN2S/c1-2-14(6-3-7-14)9-17-10-4-5-11(13(16)18)12(15)8-10/h4-5,8,17H,2-3,6-7,9H2,1H3,(H2,16,18). The maximum atomic E-state index is 6.15. The summed E-state index contributed by atoms with van der Waals surface area (Å²) >= 11 is 11.1. The molecule has 0 unspecified atom stereocenters. The molecule has 1 saturated carbocycles. The van der Waals surface area contributed by atoms with Gasteiger partial charge in [-0.25, -0.2) is 0 Å². The molecule has 1 aromatic carbocycles. The maximum Gasteiger partial charge on any atom is 0.105 e. The van der Waals surface area contributed by atoms with Crippen LogP contribution < -0.4 is 11.1 Å². The van der Waals surface area contributed by atoms with E-state index in [1.165, 1.54) is 25.7 Å². The van der Waals surface area contributed by atoms with Crippen molar-refractivity contribution in [2.45, 2.75) is 32.6 Å². The first-order valence-corrected chi connectivity index (χ1v) is 7.18. The molecule has 0 aromatic heterocycles. The van der Waals surface area contributed by atoms with Gasteiger partial charge in [-0.15, -0.1) is 0 Å². The third kappa shape index (κ3) is 2.78. The van der Waals surface area contributed by atoms with Crippen LogP contribution in [0.3, 0.4) is 0 Å². The van der Waals surface area contributed by atoms with E-state index in [4.69, 9.17) is 29.6 Å². The van der Waals surface area contributed by atoms with Crippen molar-refractivity contribution in [3.63, 3.8) is 0 Å². The van der Waals surface area contributed by atoms with E-state index >= 15 is 0 Å². The van der Waals surface area contributed by atoms with Crippen molar-refractivity contribution >= 4 is 34.5 Å². The zero-order valence-electron chi connectivity index (χ0n) is 10.6. The summed E-state index contributed by atoms with van der Waals surface area (Å²) in [4.78, 5) is 0.343. The Hall–Kier alpha value is -0.800. The number of benzene rings is 1. The molecule has 1 fully saturated rings. The third-order valence-corrected chi connectivity index (χ3v) is 4.60. The number of halogens is 1. The lowest BCUT2D eigenvalue weighted by molar-refractivity contribution is 0.145. The average molecular weight is 283 g/mol. The van der Waals surface area contributed by atoms with Crippen molar-refractivity contribution in [3.8, 4) is 0 Å². The summed E-state index contributed by atoms with van der Waals surface area (Å²) in [7, 11) is 0. The lowest BCUT2D eigenvalue weighted by Crippen LogP contribution is -2.35. The highest BCUT2D eigenvalue weighted by Gasteiger charge is 2.34. The minimum Gasteiger partial charge on any atom is -0.389 e. The molecule has 2 rings (SSSR count). The second kappa shape index (κ2) is 5.45. The van der Waals surface area contributed by atoms with Crippen LogP contribution in [0.2, 0.25) is 5.02 Å². The topological polar surface area (TPSA) is 38.0 Å². The molecule has 0 spiro atoms. The summed E-state index contributed by atoms with van der Waals surface area (Å²) in [5.74, 6) is 0. The van der Waals surface area contributed by atoms with E-state index in [1.54, 1.807) is 0 Å². The molecule has 1 aromatic rings. The molecule has 0 radical (unpaired) electrons. The molecule has 0 atom stereocenters. The van der Waals surface area contributed by atoms with E-state index in [2.05, 4.69) is 12.2 Å². The highest BCUT2D eigenvalue weighted by molar-refractivity contribution is 7.80.